The molecule has 2 N–H and O–H groups in total. The average Bonchev–Trinajstić information content (AvgIpc) is 2.65. The molecule has 0 radical (unpaired) electrons. The number of hydrogen-bond acceptors (Lipinski definition) is 5. The van der Waals surface area contributed by atoms with Crippen LogP contribution in [0.25, 0.3) is 0 Å². The van der Waals surface area contributed by atoms with Crippen molar-refractivity contribution in [3.8, 4) is 11.5 Å². The van der Waals surface area contributed by atoms with E-state index >= 15 is 0 Å². The number of amides is 2. The number of rotatable bonds is 5. The van der Waals surface area contributed by atoms with E-state index in [1.54, 1.807) is 0 Å². The second-order valence-corrected chi connectivity index (χ2v) is 6.04. The number of benzene rings is 1. The van der Waals surface area contributed by atoms with Gasteiger partial charge in [0.1, 0.15) is 13.2 Å². The zero-order chi connectivity index (χ0) is 16.8. The van der Waals surface area contributed by atoms with Crippen LogP contribution in [-0.2, 0) is 11.3 Å². The summed E-state index contributed by atoms with van der Waals surface area (Å²) in [6, 6.07) is 5.86. The third-order valence-corrected chi connectivity index (χ3v) is 4.29. The summed E-state index contributed by atoms with van der Waals surface area (Å²) in [4.78, 5) is 14.3. The van der Waals surface area contributed by atoms with Crippen molar-refractivity contribution in [2.24, 2.45) is 0 Å². The minimum atomic E-state index is -0.162. The zero-order valence-electron chi connectivity index (χ0n) is 14.0. The molecule has 7 nitrogen and oxygen atoms in total. The molecule has 1 fully saturated rings. The third-order valence-electron chi connectivity index (χ3n) is 4.29. The van der Waals surface area contributed by atoms with Gasteiger partial charge in [0, 0.05) is 32.2 Å². The molecule has 1 saturated heterocycles. The van der Waals surface area contributed by atoms with Crippen molar-refractivity contribution in [2.45, 2.75) is 19.5 Å². The second kappa shape index (κ2) is 8.21. The minimum Gasteiger partial charge on any atom is -0.486 e. The van der Waals surface area contributed by atoms with E-state index in [1.807, 2.05) is 18.2 Å². The maximum atomic E-state index is 12.0. The van der Waals surface area contributed by atoms with E-state index in [2.05, 4.69) is 22.5 Å². The van der Waals surface area contributed by atoms with Crippen LogP contribution in [0.5, 0.6) is 11.5 Å². The molecule has 2 aliphatic rings. The molecule has 2 aliphatic heterocycles. The van der Waals surface area contributed by atoms with Gasteiger partial charge in [-0.05, 0) is 24.6 Å². The monoisotopic (exact) mass is 335 g/mol. The van der Waals surface area contributed by atoms with E-state index in [0.717, 1.165) is 43.4 Å². The molecule has 1 atom stereocenters. The molecule has 3 rings (SSSR count). The van der Waals surface area contributed by atoms with E-state index in [4.69, 9.17) is 14.2 Å². The number of carbonyl (C=O) groups is 1. The highest BCUT2D eigenvalue weighted by molar-refractivity contribution is 5.73. The summed E-state index contributed by atoms with van der Waals surface area (Å²) < 4.78 is 16.4. The Morgan fingerprint density at radius 1 is 1.12 bits per heavy atom. The Balaban J connectivity index is 1.40. The molecule has 2 heterocycles. The first kappa shape index (κ1) is 16.9. The predicted molar refractivity (Wildman–Crippen MR) is 89.5 cm³/mol. The van der Waals surface area contributed by atoms with Crippen LogP contribution in [0.2, 0.25) is 0 Å². The molecular formula is C17H25N3O4. The summed E-state index contributed by atoms with van der Waals surface area (Å²) in [6.07, 6.45) is 0. The number of carbonyl (C=O) groups excluding carboxylic acids is 1. The normalized spacial score (nSPS) is 18.7. The highest BCUT2D eigenvalue weighted by Crippen LogP contribution is 2.30. The van der Waals surface area contributed by atoms with Gasteiger partial charge < -0.3 is 24.8 Å². The molecule has 2 amide bonds. The van der Waals surface area contributed by atoms with Crippen molar-refractivity contribution < 1.29 is 19.0 Å². The Morgan fingerprint density at radius 2 is 1.88 bits per heavy atom. The summed E-state index contributed by atoms with van der Waals surface area (Å²) in [6.45, 7) is 7.69. The molecule has 24 heavy (non-hydrogen) atoms. The summed E-state index contributed by atoms with van der Waals surface area (Å²) in [5.41, 5.74) is 0.982. The molecule has 0 unspecified atom stereocenters. The fourth-order valence-electron chi connectivity index (χ4n) is 2.83. The number of hydrogen-bond donors (Lipinski definition) is 2. The van der Waals surface area contributed by atoms with Crippen LogP contribution in [-0.4, -0.2) is 63.0 Å². The van der Waals surface area contributed by atoms with Crippen molar-refractivity contribution in [3.63, 3.8) is 0 Å². The smallest absolute Gasteiger partial charge is 0.315 e. The fourth-order valence-corrected chi connectivity index (χ4v) is 2.83. The Bertz CT molecular complexity index is 561. The number of fused-ring (bicyclic) bond motifs is 1. The van der Waals surface area contributed by atoms with Crippen molar-refractivity contribution in [1.82, 2.24) is 15.5 Å². The third kappa shape index (κ3) is 4.52. The fraction of sp³-hybridized carbons (Fsp3) is 0.588. The highest BCUT2D eigenvalue weighted by Gasteiger charge is 2.17. The first-order valence-corrected chi connectivity index (χ1v) is 8.44. The van der Waals surface area contributed by atoms with Crippen LogP contribution >= 0.6 is 0 Å². The Morgan fingerprint density at radius 3 is 2.67 bits per heavy atom. The van der Waals surface area contributed by atoms with Crippen molar-refractivity contribution in [3.05, 3.63) is 23.8 Å². The van der Waals surface area contributed by atoms with Gasteiger partial charge in [-0.2, -0.15) is 0 Å². The zero-order valence-corrected chi connectivity index (χ0v) is 14.0. The SMILES string of the molecule is C[C@H](CNC(=O)NCc1ccc2c(c1)OCCO2)N1CCOCC1. The van der Waals surface area contributed by atoms with E-state index in [0.29, 0.717) is 32.3 Å². The van der Waals surface area contributed by atoms with Crippen molar-refractivity contribution >= 4 is 6.03 Å². The average molecular weight is 335 g/mol. The molecule has 1 aromatic rings. The number of ether oxygens (including phenoxy) is 3. The van der Waals surface area contributed by atoms with Gasteiger partial charge in [-0.1, -0.05) is 6.07 Å². The van der Waals surface area contributed by atoms with Gasteiger partial charge in [-0.3, -0.25) is 4.90 Å². The van der Waals surface area contributed by atoms with Gasteiger partial charge in [-0.15, -0.1) is 0 Å². The topological polar surface area (TPSA) is 72.1 Å². The van der Waals surface area contributed by atoms with Crippen LogP contribution in [0.4, 0.5) is 4.79 Å². The van der Waals surface area contributed by atoms with Gasteiger partial charge in [0.25, 0.3) is 0 Å². The highest BCUT2D eigenvalue weighted by atomic mass is 16.6. The Hall–Kier alpha value is -1.99. The van der Waals surface area contributed by atoms with E-state index in [-0.39, 0.29) is 6.03 Å². The summed E-state index contributed by atoms with van der Waals surface area (Å²) in [5.74, 6) is 1.50. The molecule has 0 aliphatic carbocycles. The maximum absolute atomic E-state index is 12.0. The predicted octanol–water partition coefficient (Wildman–Crippen LogP) is 0.978. The summed E-state index contributed by atoms with van der Waals surface area (Å²) >= 11 is 0. The summed E-state index contributed by atoms with van der Waals surface area (Å²) in [5, 5.41) is 5.80. The number of nitrogens with one attached hydrogen (secondary N) is 2. The van der Waals surface area contributed by atoms with Gasteiger partial charge in [0.05, 0.1) is 13.2 Å². The maximum Gasteiger partial charge on any atom is 0.315 e. The quantitative estimate of drug-likeness (QED) is 0.839. The van der Waals surface area contributed by atoms with Crippen LogP contribution in [0.15, 0.2) is 18.2 Å². The van der Waals surface area contributed by atoms with E-state index in [1.165, 1.54) is 0 Å². The van der Waals surface area contributed by atoms with Gasteiger partial charge in [-0.25, -0.2) is 4.79 Å². The molecule has 0 saturated carbocycles. The Labute approximate surface area is 142 Å². The lowest BCUT2D eigenvalue weighted by Crippen LogP contribution is -2.48. The van der Waals surface area contributed by atoms with Crippen LogP contribution in [0.3, 0.4) is 0 Å². The van der Waals surface area contributed by atoms with Gasteiger partial charge in [0.2, 0.25) is 0 Å². The Kier molecular flexibility index (Phi) is 5.77. The van der Waals surface area contributed by atoms with Gasteiger partial charge >= 0.3 is 6.03 Å². The first-order chi connectivity index (χ1) is 11.7. The van der Waals surface area contributed by atoms with Gasteiger partial charge in [0.15, 0.2) is 11.5 Å². The van der Waals surface area contributed by atoms with Crippen LogP contribution < -0.4 is 20.1 Å². The minimum absolute atomic E-state index is 0.162. The second-order valence-electron chi connectivity index (χ2n) is 6.04. The molecule has 0 bridgehead atoms. The molecular weight excluding hydrogens is 310 g/mol. The molecule has 1 aromatic carbocycles. The van der Waals surface area contributed by atoms with E-state index in [9.17, 15) is 4.79 Å². The number of morpholine rings is 1. The number of nitrogens with zero attached hydrogens (tertiary/aromatic N) is 1. The number of urea groups is 1. The lowest BCUT2D eigenvalue weighted by molar-refractivity contribution is 0.0209. The lowest BCUT2D eigenvalue weighted by Gasteiger charge is -2.32. The molecule has 0 aromatic heterocycles. The first-order valence-electron chi connectivity index (χ1n) is 8.44. The lowest BCUT2D eigenvalue weighted by atomic mass is 10.2. The molecule has 0 spiro atoms. The van der Waals surface area contributed by atoms with Crippen molar-refractivity contribution in [2.75, 3.05) is 46.1 Å². The van der Waals surface area contributed by atoms with E-state index < -0.39 is 0 Å². The van der Waals surface area contributed by atoms with Crippen LogP contribution in [0, 0.1) is 0 Å². The molecule has 132 valence electrons. The van der Waals surface area contributed by atoms with Crippen LogP contribution in [0.1, 0.15) is 12.5 Å². The van der Waals surface area contributed by atoms with Crippen molar-refractivity contribution in [1.29, 1.82) is 0 Å². The standard InChI is InChI=1S/C17H25N3O4/c1-13(20-4-6-22-7-5-20)11-18-17(21)19-12-14-2-3-15-16(10-14)24-9-8-23-15/h2-3,10,13H,4-9,11-12H2,1H3,(H2,18,19,21)/t13-/m1/s1. The largest absolute Gasteiger partial charge is 0.486 e. The molecule has 7 heteroatoms. The summed E-state index contributed by atoms with van der Waals surface area (Å²) in [7, 11) is 0.